The number of nitrogens with one attached hydrogen (secondary N) is 1. The molecule has 1 aliphatic rings. The van der Waals surface area contributed by atoms with Crippen molar-refractivity contribution < 1.29 is 20.1 Å². The van der Waals surface area contributed by atoms with Crippen LogP contribution in [-0.2, 0) is 0 Å². The zero-order valence-corrected chi connectivity index (χ0v) is 9.26. The summed E-state index contributed by atoms with van der Waals surface area (Å²) in [7, 11) is 0. The summed E-state index contributed by atoms with van der Waals surface area (Å²) >= 11 is 0. The molecule has 1 saturated carbocycles. The van der Waals surface area contributed by atoms with Crippen LogP contribution in [0, 0.1) is 5.92 Å². The van der Waals surface area contributed by atoms with Crippen LogP contribution in [0.3, 0.4) is 0 Å². The normalized spacial score (nSPS) is 22.9. The topological polar surface area (TPSA) is 89.8 Å². The molecule has 1 aromatic carbocycles. The Morgan fingerprint density at radius 3 is 2.59 bits per heavy atom. The van der Waals surface area contributed by atoms with Crippen molar-refractivity contribution in [2.45, 2.75) is 18.9 Å². The van der Waals surface area contributed by atoms with Gasteiger partial charge in [-0.2, -0.15) is 0 Å². The van der Waals surface area contributed by atoms with Crippen LogP contribution in [0.5, 0.6) is 11.5 Å². The number of amides is 1. The largest absolute Gasteiger partial charge is 0.504 e. The van der Waals surface area contributed by atoms with Gasteiger partial charge in [0.25, 0.3) is 5.91 Å². The molecule has 0 saturated heterocycles. The van der Waals surface area contributed by atoms with Gasteiger partial charge >= 0.3 is 0 Å². The number of carbonyl (C=O) groups excluding carboxylic acids is 1. The van der Waals surface area contributed by atoms with Gasteiger partial charge in [0.1, 0.15) is 0 Å². The summed E-state index contributed by atoms with van der Waals surface area (Å²) in [6, 6.07) is 3.94. The van der Waals surface area contributed by atoms with E-state index in [9.17, 15) is 9.90 Å². The van der Waals surface area contributed by atoms with Gasteiger partial charge in [-0.05, 0) is 37.0 Å². The van der Waals surface area contributed by atoms with Crippen molar-refractivity contribution in [3.8, 4) is 11.5 Å². The number of phenols is 2. The maximum absolute atomic E-state index is 11.7. The van der Waals surface area contributed by atoms with Crippen molar-refractivity contribution in [2.75, 3.05) is 6.54 Å². The quantitative estimate of drug-likeness (QED) is 0.579. The van der Waals surface area contributed by atoms with E-state index in [2.05, 4.69) is 5.32 Å². The third kappa shape index (κ3) is 2.68. The number of carbonyl (C=O) groups is 1. The maximum Gasteiger partial charge on any atom is 0.251 e. The van der Waals surface area contributed by atoms with E-state index in [-0.39, 0.29) is 23.5 Å². The lowest BCUT2D eigenvalue weighted by Crippen LogP contribution is -2.38. The van der Waals surface area contributed by atoms with Crippen LogP contribution in [0.1, 0.15) is 23.2 Å². The number of aliphatic hydroxyl groups excluding tert-OH is 1. The highest BCUT2D eigenvalue weighted by atomic mass is 16.3. The molecule has 0 bridgehead atoms. The van der Waals surface area contributed by atoms with Gasteiger partial charge in [-0.1, -0.05) is 0 Å². The summed E-state index contributed by atoms with van der Waals surface area (Å²) in [6.45, 7) is 0.525. The molecule has 0 radical (unpaired) electrons. The third-order valence-corrected chi connectivity index (χ3v) is 3.00. The number of hydrogen-bond donors (Lipinski definition) is 4. The zero-order valence-electron chi connectivity index (χ0n) is 9.26. The minimum absolute atomic E-state index is 0.227. The Hall–Kier alpha value is -1.75. The highest BCUT2D eigenvalue weighted by molar-refractivity contribution is 5.94. The van der Waals surface area contributed by atoms with Crippen molar-refractivity contribution in [2.24, 2.45) is 5.92 Å². The lowest BCUT2D eigenvalue weighted by atomic mass is 9.82. The molecule has 5 nitrogen and oxygen atoms in total. The van der Waals surface area contributed by atoms with Crippen LogP contribution in [0.2, 0.25) is 0 Å². The Labute approximate surface area is 98.7 Å². The highest BCUT2D eigenvalue weighted by Gasteiger charge is 2.27. The molecule has 1 amide bonds. The smallest absolute Gasteiger partial charge is 0.251 e. The third-order valence-electron chi connectivity index (χ3n) is 3.00. The molecule has 0 atom stereocenters. The summed E-state index contributed by atoms with van der Waals surface area (Å²) in [5, 5.41) is 30.2. The molecule has 0 heterocycles. The number of aliphatic hydroxyl groups is 1. The van der Waals surface area contributed by atoms with E-state index in [1.165, 1.54) is 18.2 Å². The molecule has 0 spiro atoms. The molecular weight excluding hydrogens is 222 g/mol. The minimum Gasteiger partial charge on any atom is -0.504 e. The summed E-state index contributed by atoms with van der Waals surface area (Å²) in [6.07, 6.45) is 1.22. The van der Waals surface area contributed by atoms with Gasteiger partial charge in [0.2, 0.25) is 0 Å². The molecule has 5 heteroatoms. The lowest BCUT2D eigenvalue weighted by molar-refractivity contribution is 0.0420. The molecule has 1 aliphatic carbocycles. The van der Waals surface area contributed by atoms with E-state index in [0.717, 1.165) is 12.8 Å². The minimum atomic E-state index is -0.309. The molecule has 4 N–H and O–H groups in total. The summed E-state index contributed by atoms with van der Waals surface area (Å²) < 4.78 is 0. The van der Waals surface area contributed by atoms with E-state index in [1.54, 1.807) is 0 Å². The van der Waals surface area contributed by atoms with Crippen LogP contribution in [-0.4, -0.2) is 33.9 Å². The molecule has 0 aromatic heterocycles. The molecule has 17 heavy (non-hydrogen) atoms. The summed E-state index contributed by atoms with van der Waals surface area (Å²) in [4.78, 5) is 11.7. The van der Waals surface area contributed by atoms with E-state index < -0.39 is 0 Å². The monoisotopic (exact) mass is 237 g/mol. The molecular formula is C12H15NO4. The van der Waals surface area contributed by atoms with Crippen molar-refractivity contribution in [1.82, 2.24) is 5.32 Å². The zero-order chi connectivity index (χ0) is 12.4. The van der Waals surface area contributed by atoms with Gasteiger partial charge in [0, 0.05) is 12.1 Å². The predicted molar refractivity (Wildman–Crippen MR) is 60.8 cm³/mol. The highest BCUT2D eigenvalue weighted by Crippen LogP contribution is 2.27. The average Bonchev–Trinajstić information content (AvgIpc) is 2.26. The van der Waals surface area contributed by atoms with Crippen LogP contribution >= 0.6 is 0 Å². The second-order valence-electron chi connectivity index (χ2n) is 4.40. The first-order chi connectivity index (χ1) is 8.06. The first kappa shape index (κ1) is 11.7. The molecule has 92 valence electrons. The Kier molecular flexibility index (Phi) is 3.19. The van der Waals surface area contributed by atoms with Crippen molar-refractivity contribution in [3.63, 3.8) is 0 Å². The maximum atomic E-state index is 11.7. The summed E-state index contributed by atoms with van der Waals surface area (Å²) in [5.41, 5.74) is 0.306. The fourth-order valence-electron chi connectivity index (χ4n) is 1.87. The predicted octanol–water partition coefficient (Wildman–Crippen LogP) is 0.599. The van der Waals surface area contributed by atoms with Crippen LogP contribution in [0.4, 0.5) is 0 Å². The molecule has 0 aliphatic heterocycles. The van der Waals surface area contributed by atoms with Gasteiger partial charge in [0.05, 0.1) is 6.10 Å². The summed E-state index contributed by atoms with van der Waals surface area (Å²) in [5.74, 6) is -0.512. The van der Waals surface area contributed by atoms with Crippen LogP contribution < -0.4 is 5.32 Å². The first-order valence-electron chi connectivity index (χ1n) is 5.54. The van der Waals surface area contributed by atoms with Crippen molar-refractivity contribution in [1.29, 1.82) is 0 Å². The van der Waals surface area contributed by atoms with Crippen LogP contribution in [0.15, 0.2) is 18.2 Å². The van der Waals surface area contributed by atoms with Gasteiger partial charge in [-0.25, -0.2) is 0 Å². The lowest BCUT2D eigenvalue weighted by Gasteiger charge is -2.31. The Morgan fingerprint density at radius 1 is 1.29 bits per heavy atom. The van der Waals surface area contributed by atoms with Crippen LogP contribution in [0.25, 0.3) is 0 Å². The Morgan fingerprint density at radius 2 is 2.00 bits per heavy atom. The fraction of sp³-hybridized carbons (Fsp3) is 0.417. The van der Waals surface area contributed by atoms with Gasteiger partial charge < -0.3 is 20.6 Å². The standard InChI is InChI=1S/C12H15NO4/c14-9-3-7(4-9)6-13-12(17)8-1-2-10(15)11(16)5-8/h1-2,5,7,9,14-16H,3-4,6H2,(H,13,17). The van der Waals surface area contributed by atoms with E-state index >= 15 is 0 Å². The Balaban J connectivity index is 1.88. The number of aromatic hydroxyl groups is 2. The number of hydrogen-bond acceptors (Lipinski definition) is 4. The molecule has 0 unspecified atom stereocenters. The first-order valence-corrected chi connectivity index (χ1v) is 5.54. The SMILES string of the molecule is O=C(NCC1CC(O)C1)c1ccc(O)c(O)c1. The Bertz CT molecular complexity index is 427. The fourth-order valence-corrected chi connectivity index (χ4v) is 1.87. The molecule has 1 fully saturated rings. The average molecular weight is 237 g/mol. The number of benzene rings is 1. The second-order valence-corrected chi connectivity index (χ2v) is 4.40. The van der Waals surface area contributed by atoms with Crippen molar-refractivity contribution >= 4 is 5.91 Å². The molecule has 2 rings (SSSR count). The van der Waals surface area contributed by atoms with Gasteiger partial charge in [-0.3, -0.25) is 4.79 Å². The van der Waals surface area contributed by atoms with Gasteiger partial charge in [0.15, 0.2) is 11.5 Å². The number of phenolic OH excluding ortho intramolecular Hbond substituents is 2. The molecule has 1 aromatic rings. The van der Waals surface area contributed by atoms with E-state index in [1.807, 2.05) is 0 Å². The second kappa shape index (κ2) is 4.63. The van der Waals surface area contributed by atoms with E-state index in [0.29, 0.717) is 18.0 Å². The number of rotatable bonds is 3. The van der Waals surface area contributed by atoms with Crippen molar-refractivity contribution in [3.05, 3.63) is 23.8 Å². The van der Waals surface area contributed by atoms with Gasteiger partial charge in [-0.15, -0.1) is 0 Å². The van der Waals surface area contributed by atoms with E-state index in [4.69, 9.17) is 10.2 Å².